The molecule has 2 aromatic carbocycles. The van der Waals surface area contributed by atoms with Crippen molar-refractivity contribution in [3.63, 3.8) is 0 Å². The standard InChI is InChI=1S/C19H21NO3/c1-15(21)20(14-8-13-18(22)23)19(16-9-4-2-5-10-16)17-11-6-3-7-12-17/h2-7,9-12,19H,8,13-14H2,1H3,(H,22,23). The third-order valence-electron chi connectivity index (χ3n) is 3.74. The molecule has 0 aliphatic carbocycles. The van der Waals surface area contributed by atoms with Crippen molar-refractivity contribution in [2.24, 2.45) is 0 Å². The lowest BCUT2D eigenvalue weighted by Gasteiger charge is -2.32. The van der Waals surface area contributed by atoms with Crippen LogP contribution in [0.25, 0.3) is 0 Å². The number of rotatable bonds is 7. The van der Waals surface area contributed by atoms with E-state index >= 15 is 0 Å². The Hall–Kier alpha value is -2.62. The number of nitrogens with zero attached hydrogens (tertiary/aromatic N) is 1. The highest BCUT2D eigenvalue weighted by Gasteiger charge is 2.24. The largest absolute Gasteiger partial charge is 0.481 e. The number of carboxylic acid groups (broad SMARTS) is 1. The van der Waals surface area contributed by atoms with Gasteiger partial charge >= 0.3 is 5.97 Å². The minimum atomic E-state index is -0.843. The van der Waals surface area contributed by atoms with Crippen molar-refractivity contribution in [3.8, 4) is 0 Å². The van der Waals surface area contributed by atoms with Gasteiger partial charge in [0.2, 0.25) is 5.91 Å². The molecular weight excluding hydrogens is 290 g/mol. The first-order chi connectivity index (χ1) is 11.1. The van der Waals surface area contributed by atoms with Crippen molar-refractivity contribution >= 4 is 11.9 Å². The molecule has 4 heteroatoms. The quantitative estimate of drug-likeness (QED) is 0.851. The molecule has 0 spiro atoms. The van der Waals surface area contributed by atoms with Crippen LogP contribution in [0.5, 0.6) is 0 Å². The van der Waals surface area contributed by atoms with Gasteiger partial charge in [0.25, 0.3) is 0 Å². The molecule has 0 atom stereocenters. The molecule has 1 N–H and O–H groups in total. The van der Waals surface area contributed by atoms with Gasteiger partial charge in [-0.05, 0) is 17.5 Å². The van der Waals surface area contributed by atoms with Crippen LogP contribution in [0.1, 0.15) is 36.9 Å². The van der Waals surface area contributed by atoms with Crippen LogP contribution in [-0.2, 0) is 9.59 Å². The predicted molar refractivity (Wildman–Crippen MR) is 89.0 cm³/mol. The molecule has 0 aromatic heterocycles. The Morgan fingerprint density at radius 1 is 0.957 bits per heavy atom. The molecule has 0 saturated carbocycles. The van der Waals surface area contributed by atoms with Crippen LogP contribution < -0.4 is 0 Å². The number of hydrogen-bond donors (Lipinski definition) is 1. The molecule has 0 aliphatic rings. The van der Waals surface area contributed by atoms with Gasteiger partial charge in [-0.3, -0.25) is 9.59 Å². The molecule has 23 heavy (non-hydrogen) atoms. The summed E-state index contributed by atoms with van der Waals surface area (Å²) in [6, 6.07) is 19.4. The molecule has 4 nitrogen and oxygen atoms in total. The van der Waals surface area contributed by atoms with E-state index in [4.69, 9.17) is 5.11 Å². The van der Waals surface area contributed by atoms with E-state index in [0.29, 0.717) is 13.0 Å². The first-order valence-corrected chi connectivity index (χ1v) is 7.68. The Bertz CT molecular complexity index is 601. The molecule has 120 valence electrons. The lowest BCUT2D eigenvalue weighted by atomic mass is 9.96. The molecule has 0 fully saturated rings. The molecule has 0 aliphatic heterocycles. The minimum Gasteiger partial charge on any atom is -0.481 e. The molecule has 0 unspecified atom stereocenters. The highest BCUT2D eigenvalue weighted by Crippen LogP contribution is 2.29. The van der Waals surface area contributed by atoms with Crippen molar-refractivity contribution in [3.05, 3.63) is 71.8 Å². The van der Waals surface area contributed by atoms with Crippen LogP contribution >= 0.6 is 0 Å². The van der Waals surface area contributed by atoms with E-state index in [2.05, 4.69) is 0 Å². The normalized spacial score (nSPS) is 10.5. The van der Waals surface area contributed by atoms with Crippen molar-refractivity contribution in [1.82, 2.24) is 4.90 Å². The van der Waals surface area contributed by atoms with Gasteiger partial charge in [-0.2, -0.15) is 0 Å². The van der Waals surface area contributed by atoms with Gasteiger partial charge in [0, 0.05) is 19.9 Å². The smallest absolute Gasteiger partial charge is 0.303 e. The summed E-state index contributed by atoms with van der Waals surface area (Å²) in [7, 11) is 0. The first-order valence-electron chi connectivity index (χ1n) is 7.68. The van der Waals surface area contributed by atoms with Gasteiger partial charge in [0.05, 0.1) is 6.04 Å². The molecule has 1 amide bonds. The number of carbonyl (C=O) groups is 2. The third-order valence-corrected chi connectivity index (χ3v) is 3.74. The maximum absolute atomic E-state index is 12.2. The topological polar surface area (TPSA) is 57.6 Å². The summed E-state index contributed by atoms with van der Waals surface area (Å²) in [6.45, 7) is 1.94. The second kappa shape index (κ2) is 8.13. The highest BCUT2D eigenvalue weighted by molar-refractivity contribution is 5.74. The average Bonchev–Trinajstić information content (AvgIpc) is 2.55. The lowest BCUT2D eigenvalue weighted by Crippen LogP contribution is -2.35. The van der Waals surface area contributed by atoms with Crippen molar-refractivity contribution in [1.29, 1.82) is 0 Å². The maximum Gasteiger partial charge on any atom is 0.303 e. The number of aliphatic carboxylic acids is 1. The molecular formula is C19H21NO3. The van der Waals surface area contributed by atoms with Gasteiger partial charge in [0.15, 0.2) is 0 Å². The lowest BCUT2D eigenvalue weighted by molar-refractivity contribution is -0.138. The maximum atomic E-state index is 12.2. The molecule has 0 heterocycles. The Balaban J connectivity index is 2.33. The Kier molecular flexibility index (Phi) is 5.92. The summed E-state index contributed by atoms with van der Waals surface area (Å²) in [5, 5.41) is 8.83. The number of amides is 1. The predicted octanol–water partition coefficient (Wildman–Crippen LogP) is 3.49. The zero-order valence-electron chi connectivity index (χ0n) is 13.2. The zero-order valence-corrected chi connectivity index (χ0v) is 13.2. The van der Waals surface area contributed by atoms with Crippen molar-refractivity contribution in [2.45, 2.75) is 25.8 Å². The fourth-order valence-electron chi connectivity index (χ4n) is 2.69. The Morgan fingerprint density at radius 3 is 1.83 bits per heavy atom. The summed E-state index contributed by atoms with van der Waals surface area (Å²) in [5.74, 6) is -0.905. The van der Waals surface area contributed by atoms with Gasteiger partial charge in [0.1, 0.15) is 0 Å². The summed E-state index contributed by atoms with van der Waals surface area (Å²) < 4.78 is 0. The first kappa shape index (κ1) is 16.7. The van der Waals surface area contributed by atoms with Crippen LogP contribution in [0.2, 0.25) is 0 Å². The second-order valence-electron chi connectivity index (χ2n) is 5.43. The van der Waals surface area contributed by atoms with E-state index in [1.54, 1.807) is 4.90 Å². The molecule has 0 saturated heterocycles. The second-order valence-corrected chi connectivity index (χ2v) is 5.43. The van der Waals surface area contributed by atoms with Crippen LogP contribution in [-0.4, -0.2) is 28.4 Å². The molecule has 2 rings (SSSR count). The van der Waals surface area contributed by atoms with Gasteiger partial charge < -0.3 is 10.0 Å². The van der Waals surface area contributed by atoms with E-state index in [1.807, 2.05) is 60.7 Å². The summed E-state index contributed by atoms with van der Waals surface area (Å²) in [5.41, 5.74) is 2.04. The van der Waals surface area contributed by atoms with Gasteiger partial charge in [-0.25, -0.2) is 0 Å². The van der Waals surface area contributed by atoms with Crippen LogP contribution in [0.3, 0.4) is 0 Å². The fraction of sp³-hybridized carbons (Fsp3) is 0.263. The molecule has 2 aromatic rings. The van der Waals surface area contributed by atoms with E-state index in [-0.39, 0.29) is 18.4 Å². The Morgan fingerprint density at radius 2 is 1.43 bits per heavy atom. The van der Waals surface area contributed by atoms with E-state index in [0.717, 1.165) is 11.1 Å². The minimum absolute atomic E-state index is 0.0556. The SMILES string of the molecule is CC(=O)N(CCCC(=O)O)C(c1ccccc1)c1ccccc1. The van der Waals surface area contributed by atoms with Crippen molar-refractivity contribution < 1.29 is 14.7 Å². The average molecular weight is 311 g/mol. The summed E-state index contributed by atoms with van der Waals surface area (Å²) in [4.78, 5) is 24.7. The highest BCUT2D eigenvalue weighted by atomic mass is 16.4. The van der Waals surface area contributed by atoms with E-state index in [1.165, 1.54) is 6.92 Å². The van der Waals surface area contributed by atoms with Gasteiger partial charge in [-0.15, -0.1) is 0 Å². The van der Waals surface area contributed by atoms with E-state index < -0.39 is 5.97 Å². The number of benzene rings is 2. The van der Waals surface area contributed by atoms with Crippen LogP contribution in [0, 0.1) is 0 Å². The Labute approximate surface area is 136 Å². The number of carboxylic acids is 1. The molecule has 0 radical (unpaired) electrons. The fourth-order valence-corrected chi connectivity index (χ4v) is 2.69. The number of hydrogen-bond acceptors (Lipinski definition) is 2. The van der Waals surface area contributed by atoms with Crippen molar-refractivity contribution in [2.75, 3.05) is 6.54 Å². The van der Waals surface area contributed by atoms with Crippen LogP contribution in [0.15, 0.2) is 60.7 Å². The third kappa shape index (κ3) is 4.68. The van der Waals surface area contributed by atoms with E-state index in [9.17, 15) is 9.59 Å². The monoisotopic (exact) mass is 311 g/mol. The van der Waals surface area contributed by atoms with Crippen LogP contribution in [0.4, 0.5) is 0 Å². The summed E-state index contributed by atoms with van der Waals surface area (Å²) in [6.07, 6.45) is 0.491. The summed E-state index contributed by atoms with van der Waals surface area (Å²) >= 11 is 0. The zero-order chi connectivity index (χ0) is 16.7. The van der Waals surface area contributed by atoms with Gasteiger partial charge in [-0.1, -0.05) is 60.7 Å². The molecule has 0 bridgehead atoms. The number of carbonyl (C=O) groups excluding carboxylic acids is 1.